The molecule has 1 fully saturated rings. The van der Waals surface area contributed by atoms with Crippen molar-refractivity contribution in [2.24, 2.45) is 0 Å². The van der Waals surface area contributed by atoms with Crippen LogP contribution in [0.15, 0.2) is 59.5 Å². The first-order valence-corrected chi connectivity index (χ1v) is 9.51. The van der Waals surface area contributed by atoms with Crippen LogP contribution in [0.5, 0.6) is 0 Å². The van der Waals surface area contributed by atoms with Gasteiger partial charge in [-0.3, -0.25) is 4.79 Å². The number of morpholine rings is 1. The van der Waals surface area contributed by atoms with Crippen molar-refractivity contribution in [2.45, 2.75) is 11.3 Å². The predicted molar refractivity (Wildman–Crippen MR) is 94.8 cm³/mol. The van der Waals surface area contributed by atoms with E-state index in [1.807, 2.05) is 30.3 Å². The third-order valence-corrected chi connectivity index (χ3v) is 5.83. The topological polar surface area (TPSA) is 75.7 Å². The minimum Gasteiger partial charge on any atom is -0.379 e. The molecule has 1 heterocycles. The molecule has 0 atom stereocenters. The number of hydrogen-bond acceptors (Lipinski definition) is 4. The van der Waals surface area contributed by atoms with E-state index in [1.54, 1.807) is 12.1 Å². The van der Waals surface area contributed by atoms with Gasteiger partial charge in [0.2, 0.25) is 15.9 Å². The Hall–Kier alpha value is -2.22. The van der Waals surface area contributed by atoms with E-state index in [9.17, 15) is 13.2 Å². The van der Waals surface area contributed by atoms with Gasteiger partial charge in [0.1, 0.15) is 0 Å². The van der Waals surface area contributed by atoms with Crippen LogP contribution in [0.25, 0.3) is 0 Å². The second kappa shape index (κ2) is 7.77. The van der Waals surface area contributed by atoms with Crippen LogP contribution in [0.1, 0.15) is 5.56 Å². The highest BCUT2D eigenvalue weighted by molar-refractivity contribution is 7.89. The Bertz CT molecular complexity index is 831. The number of rotatable bonds is 5. The molecule has 7 heteroatoms. The van der Waals surface area contributed by atoms with Crippen LogP contribution in [0, 0.1) is 0 Å². The van der Waals surface area contributed by atoms with Gasteiger partial charge in [-0.1, -0.05) is 36.4 Å². The summed E-state index contributed by atoms with van der Waals surface area (Å²) in [4.78, 5) is 12.3. The van der Waals surface area contributed by atoms with Crippen molar-refractivity contribution in [1.82, 2.24) is 4.31 Å². The maximum absolute atomic E-state index is 12.7. The third-order valence-electron chi connectivity index (χ3n) is 3.93. The minimum absolute atomic E-state index is 0.173. The molecule has 1 aliphatic rings. The van der Waals surface area contributed by atoms with E-state index in [1.165, 1.54) is 16.4 Å². The van der Waals surface area contributed by atoms with Gasteiger partial charge < -0.3 is 10.1 Å². The summed E-state index contributed by atoms with van der Waals surface area (Å²) in [5, 5.41) is 2.76. The molecule has 0 aliphatic carbocycles. The molecule has 0 radical (unpaired) electrons. The molecule has 0 unspecified atom stereocenters. The molecule has 0 spiro atoms. The molecule has 6 nitrogen and oxygen atoms in total. The number of nitrogens with one attached hydrogen (secondary N) is 1. The molecular weight excluding hydrogens is 340 g/mol. The number of amides is 1. The van der Waals surface area contributed by atoms with E-state index in [2.05, 4.69) is 5.32 Å². The lowest BCUT2D eigenvalue weighted by Gasteiger charge is -2.26. The van der Waals surface area contributed by atoms with E-state index in [-0.39, 0.29) is 17.2 Å². The molecule has 2 aromatic rings. The van der Waals surface area contributed by atoms with Crippen LogP contribution in [0.2, 0.25) is 0 Å². The molecule has 1 saturated heterocycles. The van der Waals surface area contributed by atoms with Gasteiger partial charge in [-0.25, -0.2) is 8.42 Å². The van der Waals surface area contributed by atoms with Crippen LogP contribution in [0.4, 0.5) is 5.69 Å². The fourth-order valence-corrected chi connectivity index (χ4v) is 4.11. The minimum atomic E-state index is -3.58. The summed E-state index contributed by atoms with van der Waals surface area (Å²) in [5.74, 6) is -0.188. The van der Waals surface area contributed by atoms with E-state index < -0.39 is 10.0 Å². The van der Waals surface area contributed by atoms with E-state index >= 15 is 0 Å². The second-order valence-electron chi connectivity index (χ2n) is 5.75. The van der Waals surface area contributed by atoms with Crippen LogP contribution in [0.3, 0.4) is 0 Å². The molecule has 1 amide bonds. The van der Waals surface area contributed by atoms with Gasteiger partial charge >= 0.3 is 0 Å². The quantitative estimate of drug-likeness (QED) is 0.883. The highest BCUT2D eigenvalue weighted by Crippen LogP contribution is 2.20. The number of ether oxygens (including phenoxy) is 1. The van der Waals surface area contributed by atoms with E-state index in [0.717, 1.165) is 5.56 Å². The van der Waals surface area contributed by atoms with E-state index in [0.29, 0.717) is 32.0 Å². The third kappa shape index (κ3) is 4.45. The maximum atomic E-state index is 12.7. The number of anilines is 1. The molecule has 3 rings (SSSR count). The Morgan fingerprint density at radius 3 is 2.48 bits per heavy atom. The number of carbonyl (C=O) groups excluding carboxylic acids is 1. The van der Waals surface area contributed by atoms with Crippen LogP contribution in [-0.2, 0) is 26.0 Å². The first kappa shape index (κ1) is 17.6. The van der Waals surface area contributed by atoms with Gasteiger partial charge in [0.05, 0.1) is 24.5 Å². The van der Waals surface area contributed by atoms with Gasteiger partial charge in [-0.15, -0.1) is 0 Å². The predicted octanol–water partition coefficient (Wildman–Crippen LogP) is 1.89. The normalized spacial score (nSPS) is 15.7. The van der Waals surface area contributed by atoms with Gasteiger partial charge in [0.15, 0.2) is 0 Å². The average Bonchev–Trinajstić information content (AvgIpc) is 2.63. The zero-order chi connectivity index (χ0) is 17.7. The van der Waals surface area contributed by atoms with Crippen molar-refractivity contribution in [2.75, 3.05) is 31.6 Å². The number of hydrogen-bond donors (Lipinski definition) is 1. The molecule has 132 valence electrons. The summed E-state index contributed by atoms with van der Waals surface area (Å²) < 4.78 is 32.0. The van der Waals surface area contributed by atoms with Crippen molar-refractivity contribution >= 4 is 21.6 Å². The van der Waals surface area contributed by atoms with Crippen molar-refractivity contribution in [1.29, 1.82) is 0 Å². The number of sulfonamides is 1. The molecule has 2 aromatic carbocycles. The summed E-state index contributed by atoms with van der Waals surface area (Å²) in [6.07, 6.45) is 0.237. The zero-order valence-corrected chi connectivity index (χ0v) is 14.5. The Morgan fingerprint density at radius 1 is 1.04 bits per heavy atom. The van der Waals surface area contributed by atoms with Gasteiger partial charge in [-0.05, 0) is 23.8 Å². The fraction of sp³-hybridized carbons (Fsp3) is 0.278. The molecule has 0 bridgehead atoms. The lowest BCUT2D eigenvalue weighted by molar-refractivity contribution is -0.115. The Kier molecular flexibility index (Phi) is 5.47. The lowest BCUT2D eigenvalue weighted by atomic mass is 10.1. The van der Waals surface area contributed by atoms with Crippen molar-refractivity contribution in [3.05, 3.63) is 60.2 Å². The summed E-state index contributed by atoms with van der Waals surface area (Å²) in [6.45, 7) is 1.47. The standard InChI is InChI=1S/C18H20N2O4S/c21-18(13-15-5-2-1-3-6-15)19-16-7-4-8-17(14-16)25(22,23)20-9-11-24-12-10-20/h1-8,14H,9-13H2,(H,19,21). The monoisotopic (exact) mass is 360 g/mol. The first-order valence-electron chi connectivity index (χ1n) is 8.07. The Balaban J connectivity index is 1.71. The maximum Gasteiger partial charge on any atom is 0.243 e. The Labute approximate surface area is 147 Å². The van der Waals surface area contributed by atoms with Gasteiger partial charge in [0.25, 0.3) is 0 Å². The van der Waals surface area contributed by atoms with Crippen molar-refractivity contribution in [3.8, 4) is 0 Å². The molecule has 0 saturated carbocycles. The van der Waals surface area contributed by atoms with Crippen molar-refractivity contribution in [3.63, 3.8) is 0 Å². The number of benzene rings is 2. The lowest BCUT2D eigenvalue weighted by Crippen LogP contribution is -2.40. The molecule has 1 N–H and O–H groups in total. The van der Waals surface area contributed by atoms with Gasteiger partial charge in [-0.2, -0.15) is 4.31 Å². The smallest absolute Gasteiger partial charge is 0.243 e. The zero-order valence-electron chi connectivity index (χ0n) is 13.7. The van der Waals surface area contributed by atoms with Crippen LogP contribution >= 0.6 is 0 Å². The largest absolute Gasteiger partial charge is 0.379 e. The molecule has 25 heavy (non-hydrogen) atoms. The number of nitrogens with zero attached hydrogens (tertiary/aromatic N) is 1. The average molecular weight is 360 g/mol. The van der Waals surface area contributed by atoms with Crippen LogP contribution < -0.4 is 5.32 Å². The summed E-state index contributed by atoms with van der Waals surface area (Å²) in [6, 6.07) is 15.7. The molecule has 1 aliphatic heterocycles. The molecule has 0 aromatic heterocycles. The SMILES string of the molecule is O=C(Cc1ccccc1)Nc1cccc(S(=O)(=O)N2CCOCC2)c1. The van der Waals surface area contributed by atoms with Gasteiger partial charge in [0, 0.05) is 18.8 Å². The molecular formula is C18H20N2O4S. The summed E-state index contributed by atoms with van der Waals surface area (Å²) in [7, 11) is -3.58. The first-order chi connectivity index (χ1) is 12.1. The van der Waals surface area contributed by atoms with Crippen LogP contribution in [-0.4, -0.2) is 44.9 Å². The summed E-state index contributed by atoms with van der Waals surface area (Å²) >= 11 is 0. The highest BCUT2D eigenvalue weighted by Gasteiger charge is 2.26. The Morgan fingerprint density at radius 2 is 1.76 bits per heavy atom. The van der Waals surface area contributed by atoms with E-state index in [4.69, 9.17) is 4.74 Å². The number of carbonyl (C=O) groups is 1. The highest BCUT2D eigenvalue weighted by atomic mass is 32.2. The summed E-state index contributed by atoms with van der Waals surface area (Å²) in [5.41, 5.74) is 1.37. The fourth-order valence-electron chi connectivity index (χ4n) is 2.66. The second-order valence-corrected chi connectivity index (χ2v) is 7.69. The van der Waals surface area contributed by atoms with Crippen molar-refractivity contribution < 1.29 is 17.9 Å².